The number of hydrogen-bond acceptors (Lipinski definition) is 4. The molecule has 0 saturated carbocycles. The van der Waals surface area contributed by atoms with E-state index in [9.17, 15) is 9.59 Å². The maximum atomic E-state index is 12.3. The number of hydrogen-bond donors (Lipinski definition) is 2. The summed E-state index contributed by atoms with van der Waals surface area (Å²) in [5.74, 6) is 5.22. The van der Waals surface area contributed by atoms with Gasteiger partial charge in [0.15, 0.2) is 0 Å². The summed E-state index contributed by atoms with van der Waals surface area (Å²) in [6.07, 6.45) is 3.32. The van der Waals surface area contributed by atoms with E-state index in [1.54, 1.807) is 20.2 Å². The van der Waals surface area contributed by atoms with Crippen molar-refractivity contribution in [3.63, 3.8) is 0 Å². The van der Waals surface area contributed by atoms with Crippen molar-refractivity contribution in [3.8, 4) is 11.8 Å². The van der Waals surface area contributed by atoms with Gasteiger partial charge in [0.05, 0.1) is 17.7 Å². The van der Waals surface area contributed by atoms with Crippen molar-refractivity contribution in [2.24, 2.45) is 5.73 Å². The molecule has 6 heteroatoms. The van der Waals surface area contributed by atoms with E-state index in [1.807, 2.05) is 0 Å². The highest BCUT2D eigenvalue weighted by Crippen LogP contribution is 2.09. The van der Waals surface area contributed by atoms with E-state index < -0.39 is 0 Å². The summed E-state index contributed by atoms with van der Waals surface area (Å²) < 4.78 is 0. The number of pyridine rings is 1. The molecule has 3 N–H and O–H groups in total. The van der Waals surface area contributed by atoms with Gasteiger partial charge >= 0.3 is 0 Å². The van der Waals surface area contributed by atoms with Crippen molar-refractivity contribution < 1.29 is 9.59 Å². The minimum absolute atomic E-state index is 0.109. The fourth-order valence-electron chi connectivity index (χ4n) is 1.53. The molecular weight excluding hydrogens is 256 g/mol. The fourth-order valence-corrected chi connectivity index (χ4v) is 1.53. The van der Waals surface area contributed by atoms with Gasteiger partial charge < -0.3 is 16.0 Å². The van der Waals surface area contributed by atoms with Crippen LogP contribution in [0.2, 0.25) is 0 Å². The molecule has 0 fully saturated rings. The molecule has 0 aromatic carbocycles. The average molecular weight is 274 g/mol. The highest BCUT2D eigenvalue weighted by molar-refractivity contribution is 5.96. The Kier molecular flexibility index (Phi) is 6.20. The van der Waals surface area contributed by atoms with Gasteiger partial charge in [-0.2, -0.15) is 0 Å². The first kappa shape index (κ1) is 15.7. The second kappa shape index (κ2) is 7.92. The van der Waals surface area contributed by atoms with E-state index in [0.29, 0.717) is 17.7 Å². The van der Waals surface area contributed by atoms with Gasteiger partial charge in [0.25, 0.3) is 5.91 Å². The SMILES string of the molecule is CNC(=O)CCN(C)C(=O)c1ccncc1C#CCN. The minimum atomic E-state index is -0.197. The first-order valence-electron chi connectivity index (χ1n) is 6.19. The van der Waals surface area contributed by atoms with Gasteiger partial charge in [-0.15, -0.1) is 0 Å². The fraction of sp³-hybridized carbons (Fsp3) is 0.357. The smallest absolute Gasteiger partial charge is 0.254 e. The van der Waals surface area contributed by atoms with E-state index in [-0.39, 0.29) is 24.8 Å². The molecule has 106 valence electrons. The van der Waals surface area contributed by atoms with Crippen LogP contribution < -0.4 is 11.1 Å². The van der Waals surface area contributed by atoms with Gasteiger partial charge in [-0.05, 0) is 6.07 Å². The Balaban J connectivity index is 2.83. The standard InChI is InChI=1S/C14H18N4O2/c1-16-13(19)6-9-18(2)14(20)12-5-8-17-10-11(12)4-3-7-15/h5,8,10H,6-7,9,15H2,1-2H3,(H,16,19). The highest BCUT2D eigenvalue weighted by Gasteiger charge is 2.15. The lowest BCUT2D eigenvalue weighted by Gasteiger charge is -2.17. The summed E-state index contributed by atoms with van der Waals surface area (Å²) in [4.78, 5) is 28.9. The van der Waals surface area contributed by atoms with E-state index in [1.165, 1.54) is 17.3 Å². The first-order valence-corrected chi connectivity index (χ1v) is 6.19. The molecule has 0 atom stereocenters. The minimum Gasteiger partial charge on any atom is -0.359 e. The van der Waals surface area contributed by atoms with E-state index in [2.05, 4.69) is 22.1 Å². The third-order valence-electron chi connectivity index (χ3n) is 2.68. The number of carbonyl (C=O) groups is 2. The predicted octanol–water partition coefficient (Wildman–Crippen LogP) is -0.400. The maximum Gasteiger partial charge on any atom is 0.254 e. The molecule has 0 spiro atoms. The maximum absolute atomic E-state index is 12.3. The molecule has 0 saturated heterocycles. The number of amides is 2. The van der Waals surface area contributed by atoms with Crippen LogP contribution in [0.3, 0.4) is 0 Å². The molecule has 0 unspecified atom stereocenters. The Bertz CT molecular complexity index is 546. The Labute approximate surface area is 118 Å². The van der Waals surface area contributed by atoms with Crippen LogP contribution in [0, 0.1) is 11.8 Å². The van der Waals surface area contributed by atoms with Crippen LogP contribution in [0.15, 0.2) is 18.5 Å². The third kappa shape index (κ3) is 4.37. The van der Waals surface area contributed by atoms with Crippen LogP contribution in [-0.4, -0.2) is 48.9 Å². The zero-order chi connectivity index (χ0) is 15.0. The molecular formula is C14H18N4O2. The number of nitrogens with one attached hydrogen (secondary N) is 1. The molecule has 0 bridgehead atoms. The van der Waals surface area contributed by atoms with Crippen molar-refractivity contribution >= 4 is 11.8 Å². The molecule has 1 aromatic rings. The van der Waals surface area contributed by atoms with Gasteiger partial charge in [0.2, 0.25) is 5.91 Å². The topological polar surface area (TPSA) is 88.3 Å². The Morgan fingerprint density at radius 2 is 2.25 bits per heavy atom. The molecule has 1 aromatic heterocycles. The van der Waals surface area contributed by atoms with E-state index >= 15 is 0 Å². The lowest BCUT2D eigenvalue weighted by molar-refractivity contribution is -0.120. The van der Waals surface area contributed by atoms with Crippen molar-refractivity contribution in [1.82, 2.24) is 15.2 Å². The van der Waals surface area contributed by atoms with Crippen molar-refractivity contribution in [2.75, 3.05) is 27.2 Å². The molecule has 2 amide bonds. The summed E-state index contributed by atoms with van der Waals surface area (Å²) in [6.45, 7) is 0.555. The number of aromatic nitrogens is 1. The van der Waals surface area contributed by atoms with Crippen LogP contribution in [0.5, 0.6) is 0 Å². The molecule has 20 heavy (non-hydrogen) atoms. The van der Waals surface area contributed by atoms with Gasteiger partial charge in [-0.3, -0.25) is 14.6 Å². The Hall–Kier alpha value is -2.39. The summed E-state index contributed by atoms with van der Waals surface area (Å²) in [6, 6.07) is 1.61. The van der Waals surface area contributed by atoms with Crippen LogP contribution >= 0.6 is 0 Å². The summed E-state index contributed by atoms with van der Waals surface area (Å²) in [5, 5.41) is 2.52. The van der Waals surface area contributed by atoms with Gasteiger partial charge in [-0.25, -0.2) is 0 Å². The summed E-state index contributed by atoms with van der Waals surface area (Å²) in [5.41, 5.74) is 6.32. The van der Waals surface area contributed by atoms with Crippen molar-refractivity contribution in [1.29, 1.82) is 0 Å². The number of nitrogens with zero attached hydrogens (tertiary/aromatic N) is 2. The van der Waals surface area contributed by atoms with Gasteiger partial charge in [0.1, 0.15) is 0 Å². The number of carbonyl (C=O) groups excluding carboxylic acids is 2. The number of nitrogens with two attached hydrogens (primary N) is 1. The van der Waals surface area contributed by atoms with Crippen LogP contribution in [0.25, 0.3) is 0 Å². The predicted molar refractivity (Wildman–Crippen MR) is 75.8 cm³/mol. The summed E-state index contributed by atoms with van der Waals surface area (Å²) in [7, 11) is 3.21. The second-order valence-corrected chi connectivity index (χ2v) is 4.08. The van der Waals surface area contributed by atoms with Crippen molar-refractivity contribution in [2.45, 2.75) is 6.42 Å². The van der Waals surface area contributed by atoms with Crippen LogP contribution in [-0.2, 0) is 4.79 Å². The molecule has 0 aliphatic rings. The average Bonchev–Trinajstić information content (AvgIpc) is 2.49. The molecule has 0 radical (unpaired) electrons. The molecule has 1 rings (SSSR count). The summed E-state index contributed by atoms with van der Waals surface area (Å²) >= 11 is 0. The normalized spacial score (nSPS) is 9.35. The number of rotatable bonds is 4. The van der Waals surface area contributed by atoms with Gasteiger partial charge in [-0.1, -0.05) is 11.8 Å². The van der Waals surface area contributed by atoms with E-state index in [4.69, 9.17) is 5.73 Å². The Morgan fingerprint density at radius 1 is 1.50 bits per heavy atom. The molecule has 0 aliphatic carbocycles. The van der Waals surface area contributed by atoms with Crippen LogP contribution in [0.1, 0.15) is 22.3 Å². The lowest BCUT2D eigenvalue weighted by atomic mass is 10.1. The highest BCUT2D eigenvalue weighted by atomic mass is 16.2. The lowest BCUT2D eigenvalue weighted by Crippen LogP contribution is -2.31. The largest absolute Gasteiger partial charge is 0.359 e. The zero-order valence-electron chi connectivity index (χ0n) is 11.6. The molecule has 0 aliphatic heterocycles. The first-order chi connectivity index (χ1) is 9.60. The van der Waals surface area contributed by atoms with E-state index in [0.717, 1.165) is 0 Å². The van der Waals surface area contributed by atoms with Gasteiger partial charge in [0, 0.05) is 39.5 Å². The molecule has 6 nitrogen and oxygen atoms in total. The second-order valence-electron chi connectivity index (χ2n) is 4.08. The zero-order valence-corrected chi connectivity index (χ0v) is 11.6. The monoisotopic (exact) mass is 274 g/mol. The quantitative estimate of drug-likeness (QED) is 0.731. The Morgan fingerprint density at radius 3 is 2.90 bits per heavy atom. The van der Waals surface area contributed by atoms with Crippen molar-refractivity contribution in [3.05, 3.63) is 29.6 Å². The molecule has 1 heterocycles. The van der Waals surface area contributed by atoms with Crippen LogP contribution in [0.4, 0.5) is 0 Å². The third-order valence-corrected chi connectivity index (χ3v) is 2.68.